The summed E-state index contributed by atoms with van der Waals surface area (Å²) in [6.07, 6.45) is 0. The van der Waals surface area contributed by atoms with Crippen LogP contribution in [-0.4, -0.2) is 49.7 Å². The molecular formula is C22H22N2O7. The van der Waals surface area contributed by atoms with E-state index >= 15 is 0 Å². The highest BCUT2D eigenvalue weighted by atomic mass is 16.6. The van der Waals surface area contributed by atoms with Gasteiger partial charge >= 0.3 is 11.9 Å². The zero-order chi connectivity index (χ0) is 22.4. The predicted octanol–water partition coefficient (Wildman–Crippen LogP) is 3.29. The maximum absolute atomic E-state index is 12.9. The summed E-state index contributed by atoms with van der Waals surface area (Å²) in [5.74, 6) is -0.322. The summed E-state index contributed by atoms with van der Waals surface area (Å²) in [6, 6.07) is 13.2. The highest BCUT2D eigenvalue weighted by Gasteiger charge is 2.22. The molecule has 3 aromatic rings. The molecule has 0 amide bonds. The molecule has 3 rings (SSSR count). The summed E-state index contributed by atoms with van der Waals surface area (Å²) in [7, 11) is 4.36. The normalized spacial score (nSPS) is 10.3. The van der Waals surface area contributed by atoms with Crippen LogP contribution in [-0.2, 0) is 4.74 Å². The molecule has 0 aliphatic heterocycles. The molecule has 0 saturated carbocycles. The first kappa shape index (κ1) is 21.7. The minimum absolute atomic E-state index is 0.0124. The van der Waals surface area contributed by atoms with Crippen LogP contribution in [0.15, 0.2) is 48.5 Å². The molecule has 0 fully saturated rings. The fraction of sp³-hybridized carbons (Fsp3) is 0.227. The summed E-state index contributed by atoms with van der Waals surface area (Å²) in [5, 5.41) is 4.24. The van der Waals surface area contributed by atoms with Gasteiger partial charge in [-0.3, -0.25) is 0 Å². The third kappa shape index (κ3) is 4.61. The van der Waals surface area contributed by atoms with Gasteiger partial charge in [-0.05, 0) is 31.2 Å². The Morgan fingerprint density at radius 3 is 2.10 bits per heavy atom. The van der Waals surface area contributed by atoms with E-state index in [0.29, 0.717) is 22.9 Å². The van der Waals surface area contributed by atoms with Gasteiger partial charge in [0, 0.05) is 6.07 Å². The average Bonchev–Trinajstić information content (AvgIpc) is 3.22. The maximum Gasteiger partial charge on any atom is 0.358 e. The molecule has 31 heavy (non-hydrogen) atoms. The molecule has 0 bridgehead atoms. The standard InChI is InChI=1S/C22H22N2O7/c1-5-30-22(26)16-13-19(24(23-16)15-9-7-6-8-10-15)31-21(25)14-11-17(27-2)20(29-4)18(12-14)28-3/h6-13H,5H2,1-4H3. The summed E-state index contributed by atoms with van der Waals surface area (Å²) in [6.45, 7) is 1.88. The molecule has 0 atom stereocenters. The van der Waals surface area contributed by atoms with Gasteiger partial charge in [0.1, 0.15) is 0 Å². The van der Waals surface area contributed by atoms with Crippen molar-refractivity contribution in [2.24, 2.45) is 0 Å². The molecular weight excluding hydrogens is 404 g/mol. The van der Waals surface area contributed by atoms with Crippen LogP contribution in [0.4, 0.5) is 0 Å². The Morgan fingerprint density at radius 2 is 1.55 bits per heavy atom. The van der Waals surface area contributed by atoms with Crippen molar-refractivity contribution in [1.29, 1.82) is 0 Å². The second-order valence-corrected chi connectivity index (χ2v) is 6.14. The Balaban J connectivity index is 2.00. The highest BCUT2D eigenvalue weighted by molar-refractivity contribution is 5.93. The van der Waals surface area contributed by atoms with Crippen molar-refractivity contribution in [2.45, 2.75) is 6.92 Å². The highest BCUT2D eigenvalue weighted by Crippen LogP contribution is 2.38. The zero-order valence-electron chi connectivity index (χ0n) is 17.6. The lowest BCUT2D eigenvalue weighted by Gasteiger charge is -2.14. The molecule has 1 heterocycles. The van der Waals surface area contributed by atoms with Gasteiger partial charge in [-0.2, -0.15) is 9.78 Å². The largest absolute Gasteiger partial charge is 0.493 e. The topological polar surface area (TPSA) is 98.1 Å². The van der Waals surface area contributed by atoms with Gasteiger partial charge in [-0.25, -0.2) is 9.59 Å². The molecule has 1 aromatic heterocycles. The van der Waals surface area contributed by atoms with Crippen LogP contribution in [0.5, 0.6) is 23.1 Å². The van der Waals surface area contributed by atoms with Gasteiger partial charge in [0.15, 0.2) is 17.2 Å². The van der Waals surface area contributed by atoms with Crippen LogP contribution >= 0.6 is 0 Å². The smallest absolute Gasteiger partial charge is 0.358 e. The van der Waals surface area contributed by atoms with E-state index in [1.807, 2.05) is 6.07 Å². The van der Waals surface area contributed by atoms with Crippen molar-refractivity contribution in [2.75, 3.05) is 27.9 Å². The molecule has 0 saturated heterocycles. The molecule has 0 aliphatic carbocycles. The summed E-state index contributed by atoms with van der Waals surface area (Å²) >= 11 is 0. The Bertz CT molecular complexity index is 1050. The van der Waals surface area contributed by atoms with E-state index in [9.17, 15) is 9.59 Å². The number of carbonyl (C=O) groups excluding carboxylic acids is 2. The molecule has 9 heteroatoms. The number of ether oxygens (including phenoxy) is 5. The molecule has 0 aliphatic rings. The summed E-state index contributed by atoms with van der Waals surface area (Å²) in [5.41, 5.74) is 0.775. The van der Waals surface area contributed by atoms with Gasteiger partial charge in [0.25, 0.3) is 0 Å². The molecule has 0 N–H and O–H groups in total. The van der Waals surface area contributed by atoms with Crippen LogP contribution in [0.3, 0.4) is 0 Å². The third-order valence-corrected chi connectivity index (χ3v) is 4.26. The Kier molecular flexibility index (Phi) is 6.76. The number of hydrogen-bond donors (Lipinski definition) is 0. The van der Waals surface area contributed by atoms with Crippen molar-refractivity contribution in [3.8, 4) is 28.8 Å². The minimum atomic E-state index is -0.702. The number of para-hydroxylation sites is 1. The van der Waals surface area contributed by atoms with Crippen molar-refractivity contribution in [1.82, 2.24) is 9.78 Å². The number of benzene rings is 2. The lowest BCUT2D eigenvalue weighted by molar-refractivity contribution is 0.0518. The monoisotopic (exact) mass is 426 g/mol. The number of rotatable bonds is 8. The van der Waals surface area contributed by atoms with Crippen LogP contribution in [0.25, 0.3) is 5.69 Å². The van der Waals surface area contributed by atoms with Gasteiger partial charge < -0.3 is 23.7 Å². The van der Waals surface area contributed by atoms with E-state index in [1.165, 1.54) is 44.2 Å². The van der Waals surface area contributed by atoms with Crippen molar-refractivity contribution in [3.63, 3.8) is 0 Å². The van der Waals surface area contributed by atoms with E-state index in [2.05, 4.69) is 5.10 Å². The van der Waals surface area contributed by atoms with Crippen LogP contribution in [0.1, 0.15) is 27.8 Å². The predicted molar refractivity (Wildman–Crippen MR) is 111 cm³/mol. The summed E-state index contributed by atoms with van der Waals surface area (Å²) in [4.78, 5) is 25.1. The number of methoxy groups -OCH3 is 3. The van der Waals surface area contributed by atoms with Gasteiger partial charge in [0.05, 0.1) is 39.2 Å². The van der Waals surface area contributed by atoms with Crippen LogP contribution in [0.2, 0.25) is 0 Å². The lowest BCUT2D eigenvalue weighted by Crippen LogP contribution is -2.12. The quantitative estimate of drug-likeness (QED) is 0.506. The number of carbonyl (C=O) groups is 2. The zero-order valence-corrected chi connectivity index (χ0v) is 17.6. The Hall–Kier alpha value is -4.01. The van der Waals surface area contributed by atoms with E-state index in [-0.39, 0.29) is 23.7 Å². The molecule has 9 nitrogen and oxygen atoms in total. The number of aromatic nitrogens is 2. The fourth-order valence-electron chi connectivity index (χ4n) is 2.85. The van der Waals surface area contributed by atoms with E-state index in [0.717, 1.165) is 0 Å². The third-order valence-electron chi connectivity index (χ3n) is 4.26. The van der Waals surface area contributed by atoms with E-state index < -0.39 is 11.9 Å². The van der Waals surface area contributed by atoms with Crippen LogP contribution < -0.4 is 18.9 Å². The van der Waals surface area contributed by atoms with Crippen molar-refractivity contribution >= 4 is 11.9 Å². The Morgan fingerprint density at radius 1 is 0.903 bits per heavy atom. The number of nitrogens with zero attached hydrogens (tertiary/aromatic N) is 2. The molecule has 0 radical (unpaired) electrons. The first-order chi connectivity index (χ1) is 15.0. The Labute approximate surface area is 179 Å². The minimum Gasteiger partial charge on any atom is -0.493 e. The molecule has 2 aromatic carbocycles. The van der Waals surface area contributed by atoms with Gasteiger partial charge in [-0.15, -0.1) is 0 Å². The van der Waals surface area contributed by atoms with Gasteiger partial charge in [0.2, 0.25) is 11.6 Å². The van der Waals surface area contributed by atoms with Gasteiger partial charge in [-0.1, -0.05) is 18.2 Å². The molecule has 162 valence electrons. The van der Waals surface area contributed by atoms with E-state index in [4.69, 9.17) is 23.7 Å². The second-order valence-electron chi connectivity index (χ2n) is 6.14. The van der Waals surface area contributed by atoms with Crippen molar-refractivity contribution < 1.29 is 33.3 Å². The van der Waals surface area contributed by atoms with Crippen LogP contribution in [0, 0.1) is 0 Å². The fourth-order valence-corrected chi connectivity index (χ4v) is 2.85. The van der Waals surface area contributed by atoms with Crippen molar-refractivity contribution in [3.05, 3.63) is 59.8 Å². The maximum atomic E-state index is 12.9. The molecule has 0 spiro atoms. The second kappa shape index (κ2) is 9.66. The first-order valence-corrected chi connectivity index (χ1v) is 9.37. The molecule has 0 unspecified atom stereocenters. The summed E-state index contributed by atoms with van der Waals surface area (Å²) < 4.78 is 27.8. The number of hydrogen-bond acceptors (Lipinski definition) is 8. The average molecular weight is 426 g/mol. The number of esters is 2. The first-order valence-electron chi connectivity index (χ1n) is 9.37. The van der Waals surface area contributed by atoms with E-state index in [1.54, 1.807) is 31.2 Å². The lowest BCUT2D eigenvalue weighted by atomic mass is 10.2. The SMILES string of the molecule is CCOC(=O)c1cc(OC(=O)c2cc(OC)c(OC)c(OC)c2)n(-c2ccccc2)n1.